The fourth-order valence-electron chi connectivity index (χ4n) is 2.43. The Bertz CT molecular complexity index is 291. The lowest BCUT2D eigenvalue weighted by molar-refractivity contribution is -0.144. The van der Waals surface area contributed by atoms with Crippen LogP contribution in [-0.2, 0) is 14.3 Å². The molecule has 0 spiro atoms. The predicted octanol–water partition coefficient (Wildman–Crippen LogP) is 4.07. The lowest BCUT2D eigenvalue weighted by Gasteiger charge is -2.05. The summed E-state index contributed by atoms with van der Waals surface area (Å²) < 4.78 is 5.20. The topological polar surface area (TPSA) is 83.8 Å². The van der Waals surface area contributed by atoms with Crippen molar-refractivity contribution >= 4 is 11.9 Å². The summed E-state index contributed by atoms with van der Waals surface area (Å²) in [4.78, 5) is 21.8. The summed E-state index contributed by atoms with van der Waals surface area (Å²) in [5.74, 6) is -0.816. The van der Waals surface area contributed by atoms with Gasteiger partial charge in [-0.3, -0.25) is 9.59 Å². The third kappa shape index (κ3) is 18.9. The zero-order chi connectivity index (χ0) is 17.2. The normalized spacial score (nSPS) is 10.7. The van der Waals surface area contributed by atoms with Crippen molar-refractivity contribution in [3.8, 4) is 0 Å². The molecule has 0 saturated carbocycles. The van der Waals surface area contributed by atoms with Crippen molar-refractivity contribution in [2.75, 3.05) is 13.2 Å². The van der Waals surface area contributed by atoms with Gasteiger partial charge in [-0.05, 0) is 25.7 Å². The van der Waals surface area contributed by atoms with E-state index in [2.05, 4.69) is 0 Å². The molecule has 23 heavy (non-hydrogen) atoms. The molecule has 5 heteroatoms. The van der Waals surface area contributed by atoms with Crippen LogP contribution in [0.3, 0.4) is 0 Å². The Morgan fingerprint density at radius 3 is 1.70 bits per heavy atom. The number of ether oxygens (including phenoxy) is 1. The number of aliphatic hydroxyl groups excluding tert-OH is 1. The minimum absolute atomic E-state index is 0.0955. The number of unbranched alkanes of at least 4 members (excludes halogenated alkanes) is 10. The monoisotopic (exact) mass is 330 g/mol. The first-order valence-electron chi connectivity index (χ1n) is 9.15. The Morgan fingerprint density at radius 1 is 0.652 bits per heavy atom. The van der Waals surface area contributed by atoms with Crippen molar-refractivity contribution in [1.82, 2.24) is 0 Å². The van der Waals surface area contributed by atoms with Crippen molar-refractivity contribution in [2.45, 2.75) is 89.9 Å². The van der Waals surface area contributed by atoms with Crippen LogP contribution in [0.25, 0.3) is 0 Å². The molecule has 0 aliphatic heterocycles. The first-order valence-corrected chi connectivity index (χ1v) is 9.15. The Balaban J connectivity index is 3.17. The van der Waals surface area contributed by atoms with E-state index in [1.807, 2.05) is 0 Å². The van der Waals surface area contributed by atoms with Gasteiger partial charge in [0, 0.05) is 19.4 Å². The summed E-state index contributed by atoms with van der Waals surface area (Å²) in [6, 6.07) is 0. The Kier molecular flexibility index (Phi) is 16.4. The van der Waals surface area contributed by atoms with Gasteiger partial charge in [-0.1, -0.05) is 51.4 Å². The molecule has 0 aliphatic rings. The summed E-state index contributed by atoms with van der Waals surface area (Å²) in [7, 11) is 0. The molecular weight excluding hydrogens is 296 g/mol. The van der Waals surface area contributed by atoms with Crippen LogP contribution in [0.1, 0.15) is 89.9 Å². The molecule has 0 aliphatic carbocycles. The Morgan fingerprint density at radius 2 is 1.13 bits per heavy atom. The molecule has 0 radical (unpaired) electrons. The maximum Gasteiger partial charge on any atom is 0.305 e. The molecule has 0 rings (SSSR count). The van der Waals surface area contributed by atoms with Crippen LogP contribution in [0.5, 0.6) is 0 Å². The molecule has 0 atom stereocenters. The fourth-order valence-corrected chi connectivity index (χ4v) is 2.43. The highest BCUT2D eigenvalue weighted by Crippen LogP contribution is 2.09. The number of hydrogen-bond donors (Lipinski definition) is 2. The van der Waals surface area contributed by atoms with Gasteiger partial charge in [-0.15, -0.1) is 0 Å². The SMILES string of the molecule is O=C(O)CCCCCCCCOC(=O)CCCCCCCCO. The second-order valence-corrected chi connectivity index (χ2v) is 6.08. The van der Waals surface area contributed by atoms with E-state index in [1.165, 1.54) is 0 Å². The van der Waals surface area contributed by atoms with Gasteiger partial charge in [0.2, 0.25) is 0 Å². The summed E-state index contributed by atoms with van der Waals surface area (Å²) in [6.45, 7) is 0.777. The average molecular weight is 330 g/mol. The van der Waals surface area contributed by atoms with Gasteiger partial charge in [-0.25, -0.2) is 0 Å². The number of aliphatic hydroxyl groups is 1. The third-order valence-corrected chi connectivity index (χ3v) is 3.84. The van der Waals surface area contributed by atoms with E-state index in [4.69, 9.17) is 14.9 Å². The first-order chi connectivity index (χ1) is 11.2. The van der Waals surface area contributed by atoms with E-state index in [0.717, 1.165) is 77.0 Å². The van der Waals surface area contributed by atoms with E-state index in [1.54, 1.807) is 0 Å². The van der Waals surface area contributed by atoms with Crippen LogP contribution < -0.4 is 0 Å². The standard InChI is InChI=1S/C18H34O5/c19-15-11-7-3-1-6-10-14-18(22)23-16-12-8-4-2-5-9-13-17(20)21/h19H,1-16H2,(H,20,21). The molecule has 2 N–H and O–H groups in total. The van der Waals surface area contributed by atoms with Crippen molar-refractivity contribution in [3.05, 3.63) is 0 Å². The first kappa shape index (κ1) is 21.9. The summed E-state index contributed by atoms with van der Waals surface area (Å²) in [5.41, 5.74) is 0. The number of hydrogen-bond acceptors (Lipinski definition) is 4. The highest BCUT2D eigenvalue weighted by atomic mass is 16.5. The van der Waals surface area contributed by atoms with Gasteiger partial charge in [0.1, 0.15) is 0 Å². The van der Waals surface area contributed by atoms with Gasteiger partial charge in [0.25, 0.3) is 0 Å². The molecule has 0 aromatic heterocycles. The highest BCUT2D eigenvalue weighted by molar-refractivity contribution is 5.69. The van der Waals surface area contributed by atoms with Gasteiger partial charge >= 0.3 is 11.9 Å². The van der Waals surface area contributed by atoms with Gasteiger partial charge < -0.3 is 14.9 Å². The molecule has 0 amide bonds. The highest BCUT2D eigenvalue weighted by Gasteiger charge is 2.02. The zero-order valence-electron chi connectivity index (χ0n) is 14.4. The van der Waals surface area contributed by atoms with Crippen LogP contribution in [0.4, 0.5) is 0 Å². The number of aliphatic carboxylic acids is 1. The van der Waals surface area contributed by atoms with Crippen molar-refractivity contribution in [3.63, 3.8) is 0 Å². The molecule has 0 bridgehead atoms. The largest absolute Gasteiger partial charge is 0.481 e. The number of carboxylic acid groups (broad SMARTS) is 1. The van der Waals surface area contributed by atoms with Crippen LogP contribution in [-0.4, -0.2) is 35.4 Å². The van der Waals surface area contributed by atoms with Crippen molar-refractivity contribution in [2.24, 2.45) is 0 Å². The minimum Gasteiger partial charge on any atom is -0.481 e. The predicted molar refractivity (Wildman–Crippen MR) is 90.3 cm³/mol. The second kappa shape index (κ2) is 17.3. The molecule has 0 aromatic rings. The van der Waals surface area contributed by atoms with E-state index < -0.39 is 5.97 Å². The molecule has 0 unspecified atom stereocenters. The van der Waals surface area contributed by atoms with Crippen molar-refractivity contribution < 1.29 is 24.5 Å². The number of rotatable bonds is 17. The van der Waals surface area contributed by atoms with Crippen LogP contribution >= 0.6 is 0 Å². The second-order valence-electron chi connectivity index (χ2n) is 6.08. The lowest BCUT2D eigenvalue weighted by Crippen LogP contribution is -2.05. The maximum absolute atomic E-state index is 11.5. The number of esters is 1. The molecular formula is C18H34O5. The van der Waals surface area contributed by atoms with Gasteiger partial charge in [0.15, 0.2) is 0 Å². The molecule has 0 heterocycles. The third-order valence-electron chi connectivity index (χ3n) is 3.84. The van der Waals surface area contributed by atoms with E-state index in [0.29, 0.717) is 13.0 Å². The Hall–Kier alpha value is -1.10. The number of carbonyl (C=O) groups excluding carboxylic acids is 1. The van der Waals surface area contributed by atoms with Crippen LogP contribution in [0.2, 0.25) is 0 Å². The van der Waals surface area contributed by atoms with Crippen molar-refractivity contribution in [1.29, 1.82) is 0 Å². The minimum atomic E-state index is -0.720. The lowest BCUT2D eigenvalue weighted by atomic mass is 10.1. The molecule has 0 fully saturated rings. The van der Waals surface area contributed by atoms with Gasteiger partial charge in [-0.2, -0.15) is 0 Å². The summed E-state index contributed by atoms with van der Waals surface area (Å²) in [5, 5.41) is 17.2. The fraction of sp³-hybridized carbons (Fsp3) is 0.889. The summed E-state index contributed by atoms with van der Waals surface area (Å²) in [6.07, 6.45) is 12.7. The molecule has 0 aromatic carbocycles. The quantitative estimate of drug-likeness (QED) is 0.310. The van der Waals surface area contributed by atoms with E-state index in [-0.39, 0.29) is 19.0 Å². The molecule has 5 nitrogen and oxygen atoms in total. The zero-order valence-corrected chi connectivity index (χ0v) is 14.4. The van der Waals surface area contributed by atoms with E-state index in [9.17, 15) is 9.59 Å². The maximum atomic E-state index is 11.5. The van der Waals surface area contributed by atoms with E-state index >= 15 is 0 Å². The van der Waals surface area contributed by atoms with Crippen LogP contribution in [0.15, 0.2) is 0 Å². The number of carboxylic acids is 1. The van der Waals surface area contributed by atoms with Gasteiger partial charge in [0.05, 0.1) is 6.61 Å². The number of carbonyl (C=O) groups is 2. The smallest absolute Gasteiger partial charge is 0.305 e. The molecule has 0 saturated heterocycles. The summed E-state index contributed by atoms with van der Waals surface area (Å²) >= 11 is 0. The Labute approximate surface area is 140 Å². The average Bonchev–Trinajstić information content (AvgIpc) is 2.52. The molecule has 136 valence electrons. The van der Waals surface area contributed by atoms with Crippen LogP contribution in [0, 0.1) is 0 Å².